The third-order valence-electron chi connectivity index (χ3n) is 6.16. The predicted molar refractivity (Wildman–Crippen MR) is 128 cm³/mol. The molecule has 0 aliphatic carbocycles. The van der Waals surface area contributed by atoms with Crippen molar-refractivity contribution >= 4 is 17.3 Å². The smallest absolute Gasteiger partial charge is 0.253 e. The number of piperidine rings is 1. The minimum atomic E-state index is 0.0924. The zero-order valence-electron chi connectivity index (χ0n) is 19.5. The van der Waals surface area contributed by atoms with Crippen molar-refractivity contribution in [1.29, 1.82) is 0 Å². The molecule has 1 amide bonds. The van der Waals surface area contributed by atoms with Crippen molar-refractivity contribution < 1.29 is 9.53 Å². The van der Waals surface area contributed by atoms with Gasteiger partial charge in [0.25, 0.3) is 5.91 Å². The molecule has 1 aliphatic heterocycles. The number of likely N-dealkylation sites (tertiary alicyclic amines) is 1. The molecule has 2 aromatic rings. The molecule has 0 spiro atoms. The van der Waals surface area contributed by atoms with Gasteiger partial charge in [-0.25, -0.2) is 0 Å². The number of benzene rings is 2. The van der Waals surface area contributed by atoms with Crippen LogP contribution in [0.2, 0.25) is 0 Å². The quantitative estimate of drug-likeness (QED) is 0.531. The number of hydrogen-bond donors (Lipinski definition) is 0. The Morgan fingerprint density at radius 3 is 2.42 bits per heavy atom. The maximum absolute atomic E-state index is 12.8. The van der Waals surface area contributed by atoms with Crippen LogP contribution in [0.3, 0.4) is 0 Å². The fourth-order valence-electron chi connectivity index (χ4n) is 4.53. The van der Waals surface area contributed by atoms with Gasteiger partial charge in [-0.3, -0.25) is 9.69 Å². The Labute approximate surface area is 187 Å². The first-order valence-corrected chi connectivity index (χ1v) is 11.7. The summed E-state index contributed by atoms with van der Waals surface area (Å²) in [7, 11) is 1.71. The van der Waals surface area contributed by atoms with E-state index in [9.17, 15) is 4.79 Å². The largest absolute Gasteiger partial charge is 0.497 e. The van der Waals surface area contributed by atoms with Gasteiger partial charge in [-0.05, 0) is 82.5 Å². The third-order valence-corrected chi connectivity index (χ3v) is 6.16. The molecule has 0 bridgehead atoms. The average molecular weight is 424 g/mol. The fraction of sp³-hybridized carbons (Fsp3) is 0.500. The number of amides is 1. The van der Waals surface area contributed by atoms with Crippen LogP contribution in [0.5, 0.6) is 5.75 Å². The molecule has 1 aliphatic rings. The van der Waals surface area contributed by atoms with Crippen molar-refractivity contribution in [2.75, 3.05) is 38.2 Å². The summed E-state index contributed by atoms with van der Waals surface area (Å²) in [6.07, 6.45) is 5.03. The van der Waals surface area contributed by atoms with Crippen LogP contribution < -0.4 is 9.64 Å². The number of ether oxygens (including phenoxy) is 1. The number of carbonyl (C=O) groups excluding carboxylic acids is 1. The monoisotopic (exact) mass is 423 g/mol. The van der Waals surface area contributed by atoms with Gasteiger partial charge in [0.2, 0.25) is 0 Å². The van der Waals surface area contributed by atoms with Crippen LogP contribution in [0, 0.1) is 0 Å². The summed E-state index contributed by atoms with van der Waals surface area (Å²) in [4.78, 5) is 19.6. The van der Waals surface area contributed by atoms with E-state index in [-0.39, 0.29) is 5.91 Å². The average Bonchev–Trinajstić information content (AvgIpc) is 2.82. The highest BCUT2D eigenvalue weighted by Gasteiger charge is 2.29. The summed E-state index contributed by atoms with van der Waals surface area (Å²) in [6.45, 7) is 9.94. The van der Waals surface area contributed by atoms with E-state index in [1.807, 2.05) is 43.0 Å². The Morgan fingerprint density at radius 2 is 1.77 bits per heavy atom. The number of carbonyl (C=O) groups is 1. The predicted octanol–water partition coefficient (Wildman–Crippen LogP) is 5.54. The number of hydrogen-bond acceptors (Lipinski definition) is 4. The van der Waals surface area contributed by atoms with Crippen molar-refractivity contribution in [3.05, 3.63) is 54.1 Å². The minimum absolute atomic E-state index is 0.0924. The van der Waals surface area contributed by atoms with Gasteiger partial charge in [0.05, 0.1) is 13.3 Å². The van der Waals surface area contributed by atoms with Crippen LogP contribution in [0.1, 0.15) is 56.8 Å². The molecule has 1 fully saturated rings. The molecule has 1 saturated heterocycles. The van der Waals surface area contributed by atoms with E-state index in [1.165, 1.54) is 12.8 Å². The third kappa shape index (κ3) is 5.40. The molecule has 5 nitrogen and oxygen atoms in total. The van der Waals surface area contributed by atoms with Crippen LogP contribution >= 0.6 is 0 Å². The lowest BCUT2D eigenvalue weighted by atomic mass is 10.0. The highest BCUT2D eigenvalue weighted by atomic mass is 16.5. The maximum Gasteiger partial charge on any atom is 0.253 e. The molecule has 0 aromatic heterocycles. The second-order valence-electron chi connectivity index (χ2n) is 8.11. The molecular formula is C26H37N3O2. The van der Waals surface area contributed by atoms with E-state index in [2.05, 4.69) is 41.0 Å². The number of methoxy groups -OCH3 is 1. The summed E-state index contributed by atoms with van der Waals surface area (Å²) in [5, 5.41) is 0. The lowest BCUT2D eigenvalue weighted by Gasteiger charge is -2.44. The number of nitrogens with zero attached hydrogens (tertiary/aromatic N) is 3. The van der Waals surface area contributed by atoms with E-state index < -0.39 is 0 Å². The summed E-state index contributed by atoms with van der Waals surface area (Å²) in [5.74, 6) is 0.948. The van der Waals surface area contributed by atoms with Crippen LogP contribution in [-0.4, -0.2) is 55.2 Å². The Morgan fingerprint density at radius 1 is 1.03 bits per heavy atom. The molecule has 1 heterocycles. The summed E-state index contributed by atoms with van der Waals surface area (Å²) >= 11 is 0. The normalized spacial score (nSPS) is 16.7. The molecule has 2 aromatic carbocycles. The van der Waals surface area contributed by atoms with Crippen molar-refractivity contribution in [3.63, 3.8) is 0 Å². The number of anilines is 2. The first-order valence-electron chi connectivity index (χ1n) is 11.7. The molecule has 0 N–H and O–H groups in total. The zero-order chi connectivity index (χ0) is 22.2. The van der Waals surface area contributed by atoms with Gasteiger partial charge < -0.3 is 14.5 Å². The lowest BCUT2D eigenvalue weighted by Crippen LogP contribution is -2.49. The molecular weight excluding hydrogens is 386 g/mol. The maximum atomic E-state index is 12.8. The van der Waals surface area contributed by atoms with E-state index >= 15 is 0 Å². The second-order valence-corrected chi connectivity index (χ2v) is 8.11. The Balaban J connectivity index is 1.98. The van der Waals surface area contributed by atoms with Crippen LogP contribution in [0.15, 0.2) is 48.5 Å². The van der Waals surface area contributed by atoms with Crippen molar-refractivity contribution in [3.8, 4) is 5.75 Å². The molecule has 168 valence electrons. The molecule has 0 saturated carbocycles. The fourth-order valence-corrected chi connectivity index (χ4v) is 4.53. The van der Waals surface area contributed by atoms with E-state index in [4.69, 9.17) is 4.74 Å². The highest BCUT2D eigenvalue weighted by molar-refractivity contribution is 5.94. The molecule has 31 heavy (non-hydrogen) atoms. The van der Waals surface area contributed by atoms with Gasteiger partial charge in [-0.2, -0.15) is 0 Å². The zero-order valence-corrected chi connectivity index (χ0v) is 19.5. The van der Waals surface area contributed by atoms with Gasteiger partial charge in [0.15, 0.2) is 0 Å². The van der Waals surface area contributed by atoms with E-state index in [0.29, 0.717) is 6.17 Å². The van der Waals surface area contributed by atoms with Gasteiger partial charge >= 0.3 is 0 Å². The SMILES string of the molecule is CCCN1CCCCC1N(c1ccc(C(=O)N(CC)CC)cc1)c1cccc(OC)c1. The first-order chi connectivity index (χ1) is 15.1. The van der Waals surface area contributed by atoms with Gasteiger partial charge in [0, 0.05) is 42.6 Å². The second kappa shape index (κ2) is 11.2. The first kappa shape index (κ1) is 23.1. The Hall–Kier alpha value is -2.53. The Kier molecular flexibility index (Phi) is 8.35. The summed E-state index contributed by atoms with van der Waals surface area (Å²) < 4.78 is 5.51. The molecule has 0 radical (unpaired) electrons. The topological polar surface area (TPSA) is 36.0 Å². The standard InChI is InChI=1S/C26H37N3O2/c1-5-18-28-19-9-8-13-25(28)29(23-11-10-12-24(20-23)31-4)22-16-14-21(15-17-22)26(30)27(6-2)7-3/h10-12,14-17,20,25H,5-9,13,18-19H2,1-4H3. The molecule has 1 unspecified atom stereocenters. The van der Waals surface area contributed by atoms with Gasteiger partial charge in [-0.15, -0.1) is 0 Å². The van der Waals surface area contributed by atoms with Crippen LogP contribution in [0.25, 0.3) is 0 Å². The van der Waals surface area contributed by atoms with E-state index in [0.717, 1.165) is 61.7 Å². The van der Waals surface area contributed by atoms with E-state index in [1.54, 1.807) is 7.11 Å². The summed E-state index contributed by atoms with van der Waals surface area (Å²) in [5.41, 5.74) is 2.97. The highest BCUT2D eigenvalue weighted by Crippen LogP contribution is 2.35. The Bertz CT molecular complexity index is 831. The van der Waals surface area contributed by atoms with Crippen LogP contribution in [0.4, 0.5) is 11.4 Å². The summed E-state index contributed by atoms with van der Waals surface area (Å²) in [6, 6.07) is 16.4. The molecule has 5 heteroatoms. The van der Waals surface area contributed by atoms with Gasteiger partial charge in [-0.1, -0.05) is 13.0 Å². The van der Waals surface area contributed by atoms with Crippen molar-refractivity contribution in [2.24, 2.45) is 0 Å². The molecule has 3 rings (SSSR count). The minimum Gasteiger partial charge on any atom is -0.497 e. The van der Waals surface area contributed by atoms with Crippen molar-refractivity contribution in [1.82, 2.24) is 9.80 Å². The van der Waals surface area contributed by atoms with Gasteiger partial charge in [0.1, 0.15) is 5.75 Å². The van der Waals surface area contributed by atoms with Crippen LogP contribution in [-0.2, 0) is 0 Å². The molecule has 1 atom stereocenters. The van der Waals surface area contributed by atoms with Crippen molar-refractivity contribution in [2.45, 2.75) is 52.6 Å². The number of rotatable bonds is 9. The lowest BCUT2D eigenvalue weighted by molar-refractivity contribution is 0.0773.